The van der Waals surface area contributed by atoms with E-state index in [2.05, 4.69) is 4.98 Å². The van der Waals surface area contributed by atoms with Crippen LogP contribution in [0.25, 0.3) is 22.3 Å². The second-order valence-electron chi connectivity index (χ2n) is 6.90. The van der Waals surface area contributed by atoms with Gasteiger partial charge in [-0.25, -0.2) is 4.79 Å². The molecule has 0 aliphatic carbocycles. The van der Waals surface area contributed by atoms with Gasteiger partial charge in [-0.15, -0.1) is 0 Å². The van der Waals surface area contributed by atoms with Crippen molar-refractivity contribution in [2.75, 3.05) is 7.11 Å². The summed E-state index contributed by atoms with van der Waals surface area (Å²) in [5.74, 6) is -0.0115. The summed E-state index contributed by atoms with van der Waals surface area (Å²) in [7, 11) is 1.57. The zero-order valence-corrected chi connectivity index (χ0v) is 16.8. The predicted octanol–water partition coefficient (Wildman–Crippen LogP) is 4.70. The van der Waals surface area contributed by atoms with Crippen molar-refractivity contribution in [3.63, 3.8) is 0 Å². The van der Waals surface area contributed by atoms with Gasteiger partial charge in [0.25, 0.3) is 0 Å². The third kappa shape index (κ3) is 3.55. The number of aromatic nitrogens is 1. The van der Waals surface area contributed by atoms with Crippen LogP contribution in [0.1, 0.15) is 21.5 Å². The van der Waals surface area contributed by atoms with Crippen LogP contribution in [0.4, 0.5) is 0 Å². The monoisotopic (exact) mass is 401 g/mol. The number of methoxy groups -OCH3 is 1. The van der Waals surface area contributed by atoms with Gasteiger partial charge in [-0.2, -0.15) is 0 Å². The van der Waals surface area contributed by atoms with E-state index in [9.17, 15) is 9.59 Å². The number of carbonyl (C=O) groups excluding carboxylic acids is 1. The summed E-state index contributed by atoms with van der Waals surface area (Å²) in [5, 5.41) is 0.381. The van der Waals surface area contributed by atoms with Crippen LogP contribution in [-0.4, -0.2) is 18.1 Å². The molecular weight excluding hydrogens is 382 g/mol. The highest BCUT2D eigenvalue weighted by Crippen LogP contribution is 2.33. The first-order valence-electron chi connectivity index (χ1n) is 9.32. The maximum Gasteiger partial charge on any atom is 0.345 e. The summed E-state index contributed by atoms with van der Waals surface area (Å²) < 4.78 is 16.8. The molecule has 0 aliphatic rings. The van der Waals surface area contributed by atoms with Crippen molar-refractivity contribution in [1.82, 2.24) is 4.98 Å². The zero-order valence-electron chi connectivity index (χ0n) is 16.8. The maximum absolute atomic E-state index is 13.4. The van der Waals surface area contributed by atoms with Gasteiger partial charge in [0.2, 0.25) is 11.2 Å². The van der Waals surface area contributed by atoms with Crippen molar-refractivity contribution >= 4 is 16.9 Å². The number of carbonyl (C=O) groups is 1. The van der Waals surface area contributed by atoms with E-state index >= 15 is 0 Å². The number of rotatable bonds is 4. The smallest absolute Gasteiger partial charge is 0.345 e. The highest BCUT2D eigenvalue weighted by atomic mass is 16.5. The second kappa shape index (κ2) is 7.83. The van der Waals surface area contributed by atoms with Gasteiger partial charge < -0.3 is 13.9 Å². The Hall–Kier alpha value is -3.93. The standard InChI is InChI=1S/C24H19NO5/c1-14-11-15(2)20-19(12-14)29-22(16-6-8-18(28-3)9-7-16)23(21(20)26)30-24(27)17-5-4-10-25-13-17/h4-13H,1-3H3. The molecule has 0 saturated heterocycles. The van der Waals surface area contributed by atoms with E-state index in [1.165, 1.54) is 6.20 Å². The molecule has 2 aromatic heterocycles. The van der Waals surface area contributed by atoms with Crippen molar-refractivity contribution in [2.45, 2.75) is 13.8 Å². The number of hydrogen-bond donors (Lipinski definition) is 0. The Morgan fingerprint density at radius 1 is 1.07 bits per heavy atom. The molecule has 4 rings (SSSR count). The molecule has 30 heavy (non-hydrogen) atoms. The fraction of sp³-hybridized carbons (Fsp3) is 0.125. The number of ether oxygens (including phenoxy) is 2. The van der Waals surface area contributed by atoms with E-state index in [0.717, 1.165) is 11.1 Å². The van der Waals surface area contributed by atoms with Crippen LogP contribution in [0, 0.1) is 13.8 Å². The molecule has 6 heteroatoms. The lowest BCUT2D eigenvalue weighted by atomic mass is 10.0. The molecule has 2 heterocycles. The average molecular weight is 401 g/mol. The van der Waals surface area contributed by atoms with Gasteiger partial charge in [0.15, 0.2) is 5.76 Å². The maximum atomic E-state index is 13.4. The Morgan fingerprint density at radius 2 is 1.83 bits per heavy atom. The summed E-state index contributed by atoms with van der Waals surface area (Å²) in [4.78, 5) is 30.0. The first kappa shape index (κ1) is 19.4. The fourth-order valence-electron chi connectivity index (χ4n) is 3.33. The number of esters is 1. The molecule has 2 aromatic carbocycles. The number of fused-ring (bicyclic) bond motifs is 1. The number of pyridine rings is 1. The summed E-state index contributed by atoms with van der Waals surface area (Å²) in [6.45, 7) is 3.75. The molecule has 4 aromatic rings. The van der Waals surface area contributed by atoms with Gasteiger partial charge in [0, 0.05) is 18.0 Å². The van der Waals surface area contributed by atoms with E-state index in [0.29, 0.717) is 22.3 Å². The predicted molar refractivity (Wildman–Crippen MR) is 113 cm³/mol. The Labute approximate surface area is 172 Å². The molecule has 0 unspecified atom stereocenters. The number of benzene rings is 2. The van der Waals surface area contributed by atoms with Crippen LogP contribution in [0.2, 0.25) is 0 Å². The van der Waals surface area contributed by atoms with Crippen LogP contribution in [-0.2, 0) is 0 Å². The van der Waals surface area contributed by atoms with Gasteiger partial charge in [-0.1, -0.05) is 6.07 Å². The zero-order chi connectivity index (χ0) is 21.3. The minimum Gasteiger partial charge on any atom is -0.497 e. The summed E-state index contributed by atoms with van der Waals surface area (Å²) in [6, 6.07) is 13.8. The van der Waals surface area contributed by atoms with Crippen LogP contribution < -0.4 is 14.9 Å². The SMILES string of the molecule is COc1ccc(-c2oc3cc(C)cc(C)c3c(=O)c2OC(=O)c2cccnc2)cc1. The Morgan fingerprint density at radius 3 is 2.50 bits per heavy atom. The molecule has 6 nitrogen and oxygen atoms in total. The van der Waals surface area contributed by atoms with Crippen molar-refractivity contribution < 1.29 is 18.7 Å². The molecule has 0 bridgehead atoms. The van der Waals surface area contributed by atoms with Crippen LogP contribution in [0.3, 0.4) is 0 Å². The summed E-state index contributed by atoms with van der Waals surface area (Å²) >= 11 is 0. The molecule has 0 atom stereocenters. The highest BCUT2D eigenvalue weighted by Gasteiger charge is 2.22. The molecule has 150 valence electrons. The molecule has 0 amide bonds. The van der Waals surface area contributed by atoms with Gasteiger partial charge in [-0.3, -0.25) is 9.78 Å². The van der Waals surface area contributed by atoms with Crippen molar-refractivity contribution in [2.24, 2.45) is 0 Å². The van der Waals surface area contributed by atoms with Crippen molar-refractivity contribution in [3.8, 4) is 22.8 Å². The normalized spacial score (nSPS) is 10.8. The lowest BCUT2D eigenvalue weighted by Gasteiger charge is -2.12. The molecular formula is C24H19NO5. The number of aryl methyl sites for hydroxylation is 2. The van der Waals surface area contributed by atoms with Crippen LogP contribution >= 0.6 is 0 Å². The average Bonchev–Trinajstić information content (AvgIpc) is 2.75. The van der Waals surface area contributed by atoms with E-state index in [-0.39, 0.29) is 17.1 Å². The largest absolute Gasteiger partial charge is 0.497 e. The second-order valence-corrected chi connectivity index (χ2v) is 6.90. The quantitative estimate of drug-likeness (QED) is 0.461. The van der Waals surface area contributed by atoms with Crippen LogP contribution in [0.5, 0.6) is 11.5 Å². The molecule has 0 radical (unpaired) electrons. The van der Waals surface area contributed by atoms with E-state index < -0.39 is 11.4 Å². The third-order valence-electron chi connectivity index (χ3n) is 4.74. The van der Waals surface area contributed by atoms with Gasteiger partial charge in [-0.05, 0) is 67.4 Å². The summed E-state index contributed by atoms with van der Waals surface area (Å²) in [6.07, 6.45) is 2.93. The lowest BCUT2D eigenvalue weighted by molar-refractivity contribution is 0.0731. The molecule has 0 fully saturated rings. The highest BCUT2D eigenvalue weighted by molar-refractivity contribution is 5.93. The summed E-state index contributed by atoms with van der Waals surface area (Å²) in [5.41, 5.74) is 2.56. The lowest BCUT2D eigenvalue weighted by Crippen LogP contribution is -2.17. The Bertz CT molecular complexity index is 1290. The molecule has 0 N–H and O–H groups in total. The number of nitrogens with zero attached hydrogens (tertiary/aromatic N) is 1. The Kier molecular flexibility index (Phi) is 5.06. The van der Waals surface area contributed by atoms with Gasteiger partial charge in [0.05, 0.1) is 18.1 Å². The van der Waals surface area contributed by atoms with E-state index in [1.54, 1.807) is 55.8 Å². The Balaban J connectivity index is 1.94. The molecule has 0 spiro atoms. The minimum absolute atomic E-state index is 0.159. The molecule has 0 aliphatic heterocycles. The first-order chi connectivity index (χ1) is 14.5. The first-order valence-corrected chi connectivity index (χ1v) is 9.32. The van der Waals surface area contributed by atoms with Crippen LogP contribution in [0.15, 0.2) is 70.1 Å². The molecule has 0 saturated carbocycles. The number of hydrogen-bond acceptors (Lipinski definition) is 6. The third-order valence-corrected chi connectivity index (χ3v) is 4.74. The van der Waals surface area contributed by atoms with Gasteiger partial charge >= 0.3 is 5.97 Å². The fourth-order valence-corrected chi connectivity index (χ4v) is 3.33. The van der Waals surface area contributed by atoms with Crippen molar-refractivity contribution in [1.29, 1.82) is 0 Å². The topological polar surface area (TPSA) is 78.6 Å². The van der Waals surface area contributed by atoms with E-state index in [1.807, 2.05) is 19.9 Å². The van der Waals surface area contributed by atoms with Gasteiger partial charge in [0.1, 0.15) is 11.3 Å². The van der Waals surface area contributed by atoms with E-state index in [4.69, 9.17) is 13.9 Å². The van der Waals surface area contributed by atoms with Crippen molar-refractivity contribution in [3.05, 3.63) is 87.8 Å². The minimum atomic E-state index is -0.686.